The minimum atomic E-state index is -0.492. The van der Waals surface area contributed by atoms with E-state index in [0.29, 0.717) is 18.7 Å². The van der Waals surface area contributed by atoms with Crippen molar-refractivity contribution in [1.29, 1.82) is 0 Å². The first-order chi connectivity index (χ1) is 13.0. The van der Waals surface area contributed by atoms with Crippen LogP contribution < -0.4 is 10.1 Å². The van der Waals surface area contributed by atoms with Gasteiger partial charge in [0.25, 0.3) is 11.6 Å². The predicted molar refractivity (Wildman–Crippen MR) is 99.6 cm³/mol. The molecule has 3 aromatic rings. The highest BCUT2D eigenvalue weighted by Gasteiger charge is 2.08. The largest absolute Gasteiger partial charge is 0.484 e. The van der Waals surface area contributed by atoms with Gasteiger partial charge in [-0.05, 0) is 31.2 Å². The maximum atomic E-state index is 11.9. The predicted octanol–water partition coefficient (Wildman–Crippen LogP) is 2.58. The molecule has 0 aliphatic rings. The van der Waals surface area contributed by atoms with Crippen LogP contribution in [0.2, 0.25) is 0 Å². The van der Waals surface area contributed by atoms with Crippen molar-refractivity contribution < 1.29 is 14.5 Å². The number of amides is 1. The number of fused-ring (bicyclic) bond motifs is 1. The molecule has 0 saturated carbocycles. The molecule has 0 radical (unpaired) electrons. The molecule has 1 heterocycles. The molecular weight excluding hydrogens is 348 g/mol. The number of benzene rings is 2. The summed E-state index contributed by atoms with van der Waals surface area (Å²) in [7, 11) is 0. The van der Waals surface area contributed by atoms with E-state index in [1.807, 2.05) is 31.2 Å². The van der Waals surface area contributed by atoms with E-state index in [1.165, 1.54) is 24.3 Å². The number of nitro benzene ring substituents is 1. The molecule has 8 nitrogen and oxygen atoms in total. The third kappa shape index (κ3) is 4.75. The second-order valence-electron chi connectivity index (χ2n) is 5.88. The number of hydrogen-bond acceptors (Lipinski definition) is 6. The summed E-state index contributed by atoms with van der Waals surface area (Å²) in [6.45, 7) is 2.14. The summed E-state index contributed by atoms with van der Waals surface area (Å²) in [6, 6.07) is 13.2. The van der Waals surface area contributed by atoms with Crippen LogP contribution in [-0.4, -0.2) is 34.0 Å². The Balaban J connectivity index is 1.48. The van der Waals surface area contributed by atoms with E-state index in [2.05, 4.69) is 15.3 Å². The van der Waals surface area contributed by atoms with E-state index < -0.39 is 4.92 Å². The summed E-state index contributed by atoms with van der Waals surface area (Å²) >= 11 is 0. The molecule has 0 atom stereocenters. The summed E-state index contributed by atoms with van der Waals surface area (Å²) in [5.74, 6) is 0.117. The van der Waals surface area contributed by atoms with Crippen molar-refractivity contribution in [3.63, 3.8) is 0 Å². The Morgan fingerprint density at radius 2 is 1.78 bits per heavy atom. The lowest BCUT2D eigenvalue weighted by Crippen LogP contribution is -2.30. The van der Waals surface area contributed by atoms with E-state index in [0.717, 1.165) is 22.4 Å². The molecule has 8 heteroatoms. The van der Waals surface area contributed by atoms with Gasteiger partial charge in [0.2, 0.25) is 0 Å². The van der Waals surface area contributed by atoms with Crippen LogP contribution in [0.25, 0.3) is 11.0 Å². The number of carbonyl (C=O) groups is 1. The topological polar surface area (TPSA) is 107 Å². The van der Waals surface area contributed by atoms with Crippen LogP contribution in [0.3, 0.4) is 0 Å². The van der Waals surface area contributed by atoms with Gasteiger partial charge in [0.15, 0.2) is 6.61 Å². The van der Waals surface area contributed by atoms with Crippen LogP contribution in [0.1, 0.15) is 11.4 Å². The molecule has 3 rings (SSSR count). The molecule has 0 saturated heterocycles. The van der Waals surface area contributed by atoms with Gasteiger partial charge in [-0.15, -0.1) is 0 Å². The molecule has 1 N–H and O–H groups in total. The molecule has 0 aliphatic heterocycles. The number of ether oxygens (including phenoxy) is 1. The van der Waals surface area contributed by atoms with Crippen molar-refractivity contribution in [2.45, 2.75) is 13.3 Å². The number of nitrogens with one attached hydrogen (secondary N) is 1. The van der Waals surface area contributed by atoms with Crippen molar-refractivity contribution in [2.75, 3.05) is 13.2 Å². The third-order valence-corrected chi connectivity index (χ3v) is 3.94. The first-order valence-corrected chi connectivity index (χ1v) is 8.39. The normalized spacial score (nSPS) is 10.6. The summed E-state index contributed by atoms with van der Waals surface area (Å²) in [5.41, 5.74) is 3.32. The average molecular weight is 366 g/mol. The SMILES string of the molecule is Cc1nc2ccccc2nc1CCNC(=O)COc1ccc([N+](=O)[O-])cc1. The van der Waals surface area contributed by atoms with Crippen molar-refractivity contribution in [3.8, 4) is 5.75 Å². The second kappa shape index (κ2) is 8.22. The first-order valence-electron chi connectivity index (χ1n) is 8.39. The maximum Gasteiger partial charge on any atom is 0.269 e. The Morgan fingerprint density at radius 3 is 2.44 bits per heavy atom. The molecular formula is C19H18N4O4. The number of aryl methyl sites for hydroxylation is 1. The molecule has 27 heavy (non-hydrogen) atoms. The van der Waals surface area contributed by atoms with Gasteiger partial charge in [-0.3, -0.25) is 14.9 Å². The van der Waals surface area contributed by atoms with Crippen LogP contribution in [0, 0.1) is 17.0 Å². The van der Waals surface area contributed by atoms with Crippen molar-refractivity contribution in [2.24, 2.45) is 0 Å². The Morgan fingerprint density at radius 1 is 1.11 bits per heavy atom. The summed E-state index contributed by atoms with van der Waals surface area (Å²) in [6.07, 6.45) is 0.562. The smallest absolute Gasteiger partial charge is 0.269 e. The number of rotatable bonds is 7. The van der Waals surface area contributed by atoms with Crippen molar-refractivity contribution in [1.82, 2.24) is 15.3 Å². The van der Waals surface area contributed by atoms with Gasteiger partial charge in [0.1, 0.15) is 5.75 Å². The van der Waals surface area contributed by atoms with Gasteiger partial charge < -0.3 is 10.1 Å². The van der Waals surface area contributed by atoms with Gasteiger partial charge >= 0.3 is 0 Å². The lowest BCUT2D eigenvalue weighted by Gasteiger charge is -2.09. The molecule has 0 fully saturated rings. The van der Waals surface area contributed by atoms with Gasteiger partial charge in [-0.1, -0.05) is 12.1 Å². The lowest BCUT2D eigenvalue weighted by atomic mass is 10.2. The fourth-order valence-corrected chi connectivity index (χ4v) is 2.55. The molecule has 0 aliphatic carbocycles. The summed E-state index contributed by atoms with van der Waals surface area (Å²) < 4.78 is 5.32. The van der Waals surface area contributed by atoms with Crippen molar-refractivity contribution >= 4 is 22.6 Å². The molecule has 1 aromatic heterocycles. The number of carbonyl (C=O) groups excluding carboxylic acids is 1. The number of nitro groups is 1. The minimum absolute atomic E-state index is 0.0290. The number of para-hydroxylation sites is 2. The maximum absolute atomic E-state index is 11.9. The third-order valence-electron chi connectivity index (χ3n) is 3.94. The van der Waals surface area contributed by atoms with Crippen LogP contribution >= 0.6 is 0 Å². The monoisotopic (exact) mass is 366 g/mol. The fraction of sp³-hybridized carbons (Fsp3) is 0.211. The van der Waals surface area contributed by atoms with Crippen LogP contribution in [0.5, 0.6) is 5.75 Å². The first kappa shape index (κ1) is 18.2. The zero-order valence-corrected chi connectivity index (χ0v) is 14.7. The molecule has 0 spiro atoms. The highest BCUT2D eigenvalue weighted by Crippen LogP contribution is 2.17. The lowest BCUT2D eigenvalue weighted by molar-refractivity contribution is -0.384. The number of non-ortho nitro benzene ring substituents is 1. The van der Waals surface area contributed by atoms with Crippen LogP contribution in [-0.2, 0) is 11.2 Å². The molecule has 0 bridgehead atoms. The summed E-state index contributed by atoms with van der Waals surface area (Å²) in [4.78, 5) is 31.1. The van der Waals surface area contributed by atoms with Gasteiger partial charge in [0, 0.05) is 25.1 Å². The molecule has 2 aromatic carbocycles. The molecule has 138 valence electrons. The zero-order valence-electron chi connectivity index (χ0n) is 14.7. The highest BCUT2D eigenvalue weighted by atomic mass is 16.6. The Labute approximate surface area is 155 Å². The van der Waals surface area contributed by atoms with Gasteiger partial charge in [-0.25, -0.2) is 9.97 Å². The van der Waals surface area contributed by atoms with E-state index in [4.69, 9.17) is 4.74 Å². The minimum Gasteiger partial charge on any atom is -0.484 e. The highest BCUT2D eigenvalue weighted by molar-refractivity contribution is 5.77. The molecule has 0 unspecified atom stereocenters. The van der Waals surface area contributed by atoms with E-state index in [-0.39, 0.29) is 18.2 Å². The van der Waals surface area contributed by atoms with Crippen molar-refractivity contribution in [3.05, 3.63) is 70.0 Å². The Bertz CT molecular complexity index is 973. The summed E-state index contributed by atoms with van der Waals surface area (Å²) in [5, 5.41) is 13.4. The standard InChI is InChI=1S/C19H18N4O4/c1-13-16(22-18-5-3-2-4-17(18)21-13)10-11-20-19(24)12-27-15-8-6-14(7-9-15)23(25)26/h2-9H,10-12H2,1H3,(H,20,24). The second-order valence-corrected chi connectivity index (χ2v) is 5.88. The van der Waals surface area contributed by atoms with E-state index >= 15 is 0 Å². The van der Waals surface area contributed by atoms with E-state index in [1.54, 1.807) is 0 Å². The quantitative estimate of drug-likeness (QED) is 0.509. The molecule has 1 amide bonds. The Hall–Kier alpha value is -3.55. The number of nitrogens with zero attached hydrogens (tertiary/aromatic N) is 3. The van der Waals surface area contributed by atoms with Crippen LogP contribution in [0.4, 0.5) is 5.69 Å². The van der Waals surface area contributed by atoms with Gasteiger partial charge in [-0.2, -0.15) is 0 Å². The van der Waals surface area contributed by atoms with E-state index in [9.17, 15) is 14.9 Å². The van der Waals surface area contributed by atoms with Crippen LogP contribution in [0.15, 0.2) is 48.5 Å². The number of aromatic nitrogens is 2. The zero-order chi connectivity index (χ0) is 19.2. The number of hydrogen-bond donors (Lipinski definition) is 1. The average Bonchev–Trinajstić information content (AvgIpc) is 2.67. The Kier molecular flexibility index (Phi) is 5.55. The fourth-order valence-electron chi connectivity index (χ4n) is 2.55. The van der Waals surface area contributed by atoms with Gasteiger partial charge in [0.05, 0.1) is 27.3 Å².